The molecule has 1 atom stereocenters. The van der Waals surface area contributed by atoms with E-state index in [2.05, 4.69) is 37.7 Å². The first kappa shape index (κ1) is 13.9. The molecule has 3 nitrogen and oxygen atoms in total. The zero-order valence-corrected chi connectivity index (χ0v) is 11.4. The minimum atomic E-state index is 0.116. The lowest BCUT2D eigenvalue weighted by molar-refractivity contribution is 0.0794. The summed E-state index contributed by atoms with van der Waals surface area (Å²) in [5.41, 5.74) is 0.116. The maximum Gasteiger partial charge on any atom is 0.0448 e. The lowest BCUT2D eigenvalue weighted by Gasteiger charge is -2.40. The Balaban J connectivity index is 2.40. The summed E-state index contributed by atoms with van der Waals surface area (Å²) in [5, 5.41) is 9.06. The molecule has 0 radical (unpaired) electrons. The SMILES string of the molecule is CN1CCCC(CN(C)C(C)(C)CCO)C1. The Kier molecular flexibility index (Phi) is 5.22. The van der Waals surface area contributed by atoms with Crippen molar-refractivity contribution in [1.29, 1.82) is 0 Å². The number of hydrogen-bond acceptors (Lipinski definition) is 3. The van der Waals surface area contributed by atoms with Crippen LogP contribution in [0.1, 0.15) is 33.1 Å². The highest BCUT2D eigenvalue weighted by molar-refractivity contribution is 4.82. The van der Waals surface area contributed by atoms with Crippen molar-refractivity contribution in [2.45, 2.75) is 38.6 Å². The minimum Gasteiger partial charge on any atom is -0.396 e. The van der Waals surface area contributed by atoms with Crippen molar-refractivity contribution >= 4 is 0 Å². The van der Waals surface area contributed by atoms with Crippen LogP contribution < -0.4 is 0 Å². The Morgan fingerprint density at radius 1 is 1.44 bits per heavy atom. The fourth-order valence-corrected chi connectivity index (χ4v) is 2.52. The van der Waals surface area contributed by atoms with Crippen LogP contribution in [0.15, 0.2) is 0 Å². The number of aliphatic hydroxyl groups is 1. The second-order valence-corrected chi connectivity index (χ2v) is 5.94. The predicted molar refractivity (Wildman–Crippen MR) is 68.6 cm³/mol. The van der Waals surface area contributed by atoms with E-state index in [0.717, 1.165) is 18.9 Å². The van der Waals surface area contributed by atoms with E-state index in [0.29, 0.717) is 0 Å². The Bertz CT molecular complexity index is 206. The smallest absolute Gasteiger partial charge is 0.0448 e. The molecule has 96 valence electrons. The standard InChI is InChI=1S/C13H28N2O/c1-13(2,7-9-16)15(4)11-12-6-5-8-14(3)10-12/h12,16H,5-11H2,1-4H3. The summed E-state index contributed by atoms with van der Waals surface area (Å²) >= 11 is 0. The van der Waals surface area contributed by atoms with Crippen molar-refractivity contribution in [3.05, 3.63) is 0 Å². The molecule has 0 saturated carbocycles. The van der Waals surface area contributed by atoms with Gasteiger partial charge < -0.3 is 14.9 Å². The van der Waals surface area contributed by atoms with Crippen LogP contribution in [0.2, 0.25) is 0 Å². The van der Waals surface area contributed by atoms with Gasteiger partial charge in [-0.05, 0) is 59.7 Å². The number of piperidine rings is 1. The molecule has 0 aliphatic carbocycles. The second-order valence-electron chi connectivity index (χ2n) is 5.94. The summed E-state index contributed by atoms with van der Waals surface area (Å²) in [5.74, 6) is 0.793. The Morgan fingerprint density at radius 3 is 2.69 bits per heavy atom. The van der Waals surface area contributed by atoms with Gasteiger partial charge in [0.15, 0.2) is 0 Å². The zero-order chi connectivity index (χ0) is 12.2. The summed E-state index contributed by atoms with van der Waals surface area (Å²) in [6.07, 6.45) is 3.53. The lowest BCUT2D eigenvalue weighted by Crippen LogP contribution is -2.47. The van der Waals surface area contributed by atoms with Crippen molar-refractivity contribution < 1.29 is 5.11 Å². The molecule has 1 unspecified atom stereocenters. The second kappa shape index (κ2) is 5.99. The highest BCUT2D eigenvalue weighted by Gasteiger charge is 2.26. The van der Waals surface area contributed by atoms with Crippen LogP contribution in [0.5, 0.6) is 0 Å². The van der Waals surface area contributed by atoms with Gasteiger partial charge in [0.05, 0.1) is 0 Å². The van der Waals surface area contributed by atoms with Crippen LogP contribution in [0.3, 0.4) is 0 Å². The van der Waals surface area contributed by atoms with E-state index in [1.807, 2.05) is 0 Å². The number of likely N-dealkylation sites (tertiary alicyclic amines) is 1. The third kappa shape index (κ3) is 4.04. The normalized spacial score (nSPS) is 24.0. The fraction of sp³-hybridized carbons (Fsp3) is 1.00. The van der Waals surface area contributed by atoms with Crippen LogP contribution in [0, 0.1) is 5.92 Å². The quantitative estimate of drug-likeness (QED) is 0.771. The summed E-state index contributed by atoms with van der Waals surface area (Å²) < 4.78 is 0. The van der Waals surface area contributed by atoms with Crippen molar-refractivity contribution in [1.82, 2.24) is 9.80 Å². The summed E-state index contributed by atoms with van der Waals surface area (Å²) in [4.78, 5) is 4.84. The molecule has 1 aliphatic heterocycles. The third-order valence-corrected chi connectivity index (χ3v) is 4.01. The van der Waals surface area contributed by atoms with Crippen LogP contribution in [0.4, 0.5) is 0 Å². The summed E-state index contributed by atoms with van der Waals surface area (Å²) in [6.45, 7) is 8.34. The molecule has 16 heavy (non-hydrogen) atoms. The third-order valence-electron chi connectivity index (χ3n) is 4.01. The number of hydrogen-bond donors (Lipinski definition) is 1. The molecule has 1 fully saturated rings. The first-order valence-electron chi connectivity index (χ1n) is 6.46. The van der Waals surface area contributed by atoms with E-state index in [1.165, 1.54) is 25.9 Å². The van der Waals surface area contributed by atoms with Crippen LogP contribution in [0.25, 0.3) is 0 Å². The molecule has 1 N–H and O–H groups in total. The van der Waals surface area contributed by atoms with E-state index < -0.39 is 0 Å². The highest BCUT2D eigenvalue weighted by atomic mass is 16.3. The van der Waals surface area contributed by atoms with Gasteiger partial charge in [0.25, 0.3) is 0 Å². The average molecular weight is 228 g/mol. The molecule has 0 aromatic heterocycles. The maximum atomic E-state index is 9.06. The maximum absolute atomic E-state index is 9.06. The molecule has 0 amide bonds. The molecule has 0 aromatic rings. The van der Waals surface area contributed by atoms with Gasteiger partial charge in [0, 0.05) is 25.2 Å². The predicted octanol–water partition coefficient (Wildman–Crippen LogP) is 1.42. The number of rotatable bonds is 5. The van der Waals surface area contributed by atoms with Crippen LogP contribution in [-0.4, -0.2) is 60.8 Å². The molecule has 1 aliphatic rings. The monoisotopic (exact) mass is 228 g/mol. The number of aliphatic hydroxyl groups excluding tert-OH is 1. The van der Waals surface area contributed by atoms with Gasteiger partial charge in [0.2, 0.25) is 0 Å². The molecule has 0 spiro atoms. The molecule has 0 aromatic carbocycles. The van der Waals surface area contributed by atoms with Gasteiger partial charge in [0.1, 0.15) is 0 Å². The van der Waals surface area contributed by atoms with Gasteiger partial charge in [-0.25, -0.2) is 0 Å². The van der Waals surface area contributed by atoms with E-state index in [4.69, 9.17) is 5.11 Å². The van der Waals surface area contributed by atoms with Crippen LogP contribution >= 0.6 is 0 Å². The zero-order valence-electron chi connectivity index (χ0n) is 11.4. The molecule has 1 saturated heterocycles. The highest BCUT2D eigenvalue weighted by Crippen LogP contribution is 2.22. The van der Waals surface area contributed by atoms with E-state index in [9.17, 15) is 0 Å². The van der Waals surface area contributed by atoms with E-state index >= 15 is 0 Å². The van der Waals surface area contributed by atoms with Crippen molar-refractivity contribution in [3.63, 3.8) is 0 Å². The first-order chi connectivity index (χ1) is 7.45. The van der Waals surface area contributed by atoms with E-state index in [-0.39, 0.29) is 12.1 Å². The Hall–Kier alpha value is -0.120. The average Bonchev–Trinajstić information content (AvgIpc) is 2.17. The van der Waals surface area contributed by atoms with Crippen molar-refractivity contribution in [2.75, 3.05) is 40.3 Å². The fourth-order valence-electron chi connectivity index (χ4n) is 2.52. The topological polar surface area (TPSA) is 26.7 Å². The van der Waals surface area contributed by atoms with Gasteiger partial charge in [-0.1, -0.05) is 0 Å². The summed E-state index contributed by atoms with van der Waals surface area (Å²) in [6, 6.07) is 0. The van der Waals surface area contributed by atoms with Gasteiger partial charge >= 0.3 is 0 Å². The Morgan fingerprint density at radius 2 is 2.12 bits per heavy atom. The molecule has 1 rings (SSSR count). The Labute approximate surface area is 100 Å². The lowest BCUT2D eigenvalue weighted by atomic mass is 9.93. The van der Waals surface area contributed by atoms with Gasteiger partial charge in [-0.15, -0.1) is 0 Å². The largest absolute Gasteiger partial charge is 0.396 e. The van der Waals surface area contributed by atoms with Gasteiger partial charge in [-0.2, -0.15) is 0 Å². The first-order valence-corrected chi connectivity index (χ1v) is 6.46. The van der Waals surface area contributed by atoms with Crippen LogP contribution in [-0.2, 0) is 0 Å². The molecular formula is C13H28N2O. The van der Waals surface area contributed by atoms with Crippen molar-refractivity contribution in [3.8, 4) is 0 Å². The van der Waals surface area contributed by atoms with Crippen molar-refractivity contribution in [2.24, 2.45) is 5.92 Å². The molecular weight excluding hydrogens is 200 g/mol. The van der Waals surface area contributed by atoms with Gasteiger partial charge in [-0.3, -0.25) is 0 Å². The number of nitrogens with zero attached hydrogens (tertiary/aromatic N) is 2. The van der Waals surface area contributed by atoms with E-state index in [1.54, 1.807) is 0 Å². The summed E-state index contributed by atoms with van der Waals surface area (Å²) in [7, 11) is 4.40. The molecule has 3 heteroatoms. The molecule has 1 heterocycles. The molecule has 0 bridgehead atoms. The minimum absolute atomic E-state index is 0.116.